The molecule has 0 atom stereocenters. The Labute approximate surface area is 175 Å². The first kappa shape index (κ1) is 20.7. The van der Waals surface area contributed by atoms with Gasteiger partial charge in [0.05, 0.1) is 0 Å². The number of benzene rings is 3. The van der Waals surface area contributed by atoms with E-state index in [0.717, 1.165) is 16.7 Å². The molecule has 3 nitrogen and oxygen atoms in total. The Bertz CT molecular complexity index is 886. The molecule has 4 heteroatoms. The largest absolute Gasteiger partial charge is 0.291 e. The summed E-state index contributed by atoms with van der Waals surface area (Å²) in [7, 11) is 0. The maximum absolute atomic E-state index is 13.8. The van der Waals surface area contributed by atoms with Crippen LogP contribution in [0.2, 0.25) is 0 Å². The van der Waals surface area contributed by atoms with Gasteiger partial charge in [-0.3, -0.25) is 14.4 Å². The van der Waals surface area contributed by atoms with Crippen molar-refractivity contribution in [2.24, 2.45) is 0 Å². The number of hydrogen-bond acceptors (Lipinski definition) is 3. The third-order valence-corrected chi connectivity index (χ3v) is 5.18. The lowest BCUT2D eigenvalue weighted by atomic mass is 9.65. The predicted octanol–water partition coefficient (Wildman–Crippen LogP) is 5.09. The quantitative estimate of drug-likeness (QED) is 0.283. The number of carbonyl (C=O) groups is 3. The Morgan fingerprint density at radius 1 is 0.621 bits per heavy atom. The Morgan fingerprint density at radius 2 is 1.00 bits per heavy atom. The minimum Gasteiger partial charge on any atom is -0.291 e. The zero-order chi connectivity index (χ0) is 20.7. The lowest BCUT2D eigenvalue weighted by molar-refractivity contribution is -0.138. The number of ketones is 2. The van der Waals surface area contributed by atoms with Crippen molar-refractivity contribution >= 4 is 28.4 Å². The summed E-state index contributed by atoms with van der Waals surface area (Å²) in [5.41, 5.74) is 0.920. The molecule has 0 bridgehead atoms. The minimum atomic E-state index is -1.26. The van der Waals surface area contributed by atoms with Crippen LogP contribution in [-0.4, -0.2) is 16.8 Å². The zero-order valence-corrected chi connectivity index (χ0v) is 16.6. The van der Waals surface area contributed by atoms with Crippen molar-refractivity contribution in [3.8, 4) is 0 Å². The molecular weight excluding hydrogens is 384 g/mol. The molecule has 0 aliphatic rings. The van der Waals surface area contributed by atoms with E-state index in [2.05, 4.69) is 0 Å². The van der Waals surface area contributed by atoms with Gasteiger partial charge in [0.2, 0.25) is 11.0 Å². The molecule has 0 saturated carbocycles. The van der Waals surface area contributed by atoms with Gasteiger partial charge in [0.1, 0.15) is 5.41 Å². The predicted molar refractivity (Wildman–Crippen MR) is 114 cm³/mol. The highest BCUT2D eigenvalue weighted by Crippen LogP contribution is 2.40. The van der Waals surface area contributed by atoms with Crippen LogP contribution in [0, 0.1) is 0 Å². The van der Waals surface area contributed by atoms with Crippen molar-refractivity contribution < 1.29 is 14.4 Å². The van der Waals surface area contributed by atoms with E-state index in [1.54, 1.807) is 0 Å². The van der Waals surface area contributed by atoms with E-state index in [-0.39, 0.29) is 19.3 Å². The van der Waals surface area contributed by atoms with Crippen LogP contribution in [0.4, 0.5) is 0 Å². The number of rotatable bonds is 9. The molecule has 0 heterocycles. The first-order valence-electron chi connectivity index (χ1n) is 9.49. The number of carbonyl (C=O) groups excluding carboxylic acids is 3. The smallest absolute Gasteiger partial charge is 0.221 e. The summed E-state index contributed by atoms with van der Waals surface area (Å²) >= 11 is 5.38. The van der Waals surface area contributed by atoms with Gasteiger partial charge in [0.15, 0.2) is 5.78 Å². The summed E-state index contributed by atoms with van der Waals surface area (Å²) in [5, 5.41) is -0.509. The summed E-state index contributed by atoms with van der Waals surface area (Å²) in [6.45, 7) is 0. The fourth-order valence-electron chi connectivity index (χ4n) is 3.67. The van der Waals surface area contributed by atoms with Crippen molar-refractivity contribution in [3.63, 3.8) is 0 Å². The Balaban J connectivity index is 2.19. The van der Waals surface area contributed by atoms with Gasteiger partial charge in [-0.25, -0.2) is 0 Å². The van der Waals surface area contributed by atoms with Gasteiger partial charge in [-0.05, 0) is 34.7 Å². The van der Waals surface area contributed by atoms with Crippen molar-refractivity contribution in [2.75, 3.05) is 0 Å². The molecule has 0 amide bonds. The molecule has 0 fully saturated rings. The molecule has 0 N–H and O–H groups in total. The third-order valence-electron chi connectivity index (χ3n) is 4.99. The molecule has 3 rings (SSSR count). The summed E-state index contributed by atoms with van der Waals surface area (Å²) in [6.07, 6.45) is 0.294. The number of Topliss-reactive ketones (excluding diaryl/α,β-unsaturated/α-hetero) is 2. The first-order valence-corrected chi connectivity index (χ1v) is 9.87. The molecule has 0 saturated heterocycles. The van der Waals surface area contributed by atoms with Crippen LogP contribution in [0.5, 0.6) is 0 Å². The van der Waals surface area contributed by atoms with E-state index in [1.807, 2.05) is 91.0 Å². The summed E-state index contributed by atoms with van der Waals surface area (Å²) in [6, 6.07) is 28.0. The minimum absolute atomic E-state index is 0.0223. The van der Waals surface area contributed by atoms with Crippen LogP contribution >= 0.6 is 11.6 Å². The molecule has 0 radical (unpaired) electrons. The van der Waals surface area contributed by atoms with Gasteiger partial charge >= 0.3 is 0 Å². The van der Waals surface area contributed by atoms with E-state index < -0.39 is 22.2 Å². The van der Waals surface area contributed by atoms with Crippen molar-refractivity contribution in [1.82, 2.24) is 0 Å². The summed E-state index contributed by atoms with van der Waals surface area (Å²) < 4.78 is 0. The molecule has 0 aromatic heterocycles. The third kappa shape index (κ3) is 4.36. The van der Waals surface area contributed by atoms with Crippen LogP contribution in [0.15, 0.2) is 91.0 Å². The maximum Gasteiger partial charge on any atom is 0.221 e. The molecule has 29 heavy (non-hydrogen) atoms. The second-order valence-corrected chi connectivity index (χ2v) is 7.23. The van der Waals surface area contributed by atoms with Crippen molar-refractivity contribution in [1.29, 1.82) is 0 Å². The molecular formula is C25H21ClO3. The van der Waals surface area contributed by atoms with Gasteiger partial charge in [-0.15, -0.1) is 0 Å². The molecule has 0 unspecified atom stereocenters. The van der Waals surface area contributed by atoms with Gasteiger partial charge in [0, 0.05) is 12.8 Å². The van der Waals surface area contributed by atoms with Crippen LogP contribution in [0.1, 0.15) is 36.0 Å². The van der Waals surface area contributed by atoms with Crippen molar-refractivity contribution in [2.45, 2.75) is 24.7 Å². The molecule has 3 aromatic carbocycles. The molecule has 0 aliphatic carbocycles. The second-order valence-electron chi connectivity index (χ2n) is 6.81. The number of hydrogen-bond donors (Lipinski definition) is 0. The fourth-order valence-corrected chi connectivity index (χ4v) is 3.80. The topological polar surface area (TPSA) is 51.2 Å². The lowest BCUT2D eigenvalue weighted by Crippen LogP contribution is -2.42. The van der Waals surface area contributed by atoms with Gasteiger partial charge in [0.25, 0.3) is 0 Å². The highest BCUT2D eigenvalue weighted by atomic mass is 35.5. The normalized spacial score (nSPS) is 11.1. The summed E-state index contributed by atoms with van der Waals surface area (Å²) in [5.74, 6) is -1.03. The standard InChI is InChI=1S/C25H21ClO3/c26-23(28)18-10-17-22(27)24(29)25(19-11-4-1-5-12-19,20-13-6-2-7-14-20)21-15-8-3-9-16-21/h1-9,11-16H,10,17-18H2. The molecule has 3 aromatic rings. The maximum atomic E-state index is 13.8. The monoisotopic (exact) mass is 404 g/mol. The molecule has 0 spiro atoms. The van der Waals surface area contributed by atoms with Crippen LogP contribution in [0.3, 0.4) is 0 Å². The van der Waals surface area contributed by atoms with E-state index in [1.165, 1.54) is 0 Å². The number of halogens is 1. The zero-order valence-electron chi connectivity index (χ0n) is 15.9. The van der Waals surface area contributed by atoms with Crippen LogP contribution < -0.4 is 0 Å². The average molecular weight is 405 g/mol. The Hall–Kier alpha value is -3.04. The molecule has 0 aliphatic heterocycles. The van der Waals surface area contributed by atoms with Crippen LogP contribution in [-0.2, 0) is 19.8 Å². The van der Waals surface area contributed by atoms with Gasteiger partial charge < -0.3 is 0 Å². The second kappa shape index (κ2) is 9.44. The lowest BCUT2D eigenvalue weighted by Gasteiger charge is -2.33. The van der Waals surface area contributed by atoms with Gasteiger partial charge in [-0.1, -0.05) is 91.0 Å². The van der Waals surface area contributed by atoms with E-state index in [9.17, 15) is 14.4 Å². The average Bonchev–Trinajstić information content (AvgIpc) is 2.76. The van der Waals surface area contributed by atoms with E-state index in [4.69, 9.17) is 11.6 Å². The highest BCUT2D eigenvalue weighted by molar-refractivity contribution is 6.63. The van der Waals surface area contributed by atoms with Crippen molar-refractivity contribution in [3.05, 3.63) is 108 Å². The van der Waals surface area contributed by atoms with Gasteiger partial charge in [-0.2, -0.15) is 0 Å². The first-order chi connectivity index (χ1) is 14.1. The van der Waals surface area contributed by atoms with E-state index in [0.29, 0.717) is 0 Å². The van der Waals surface area contributed by atoms with Crippen LogP contribution in [0.25, 0.3) is 0 Å². The molecule has 146 valence electrons. The highest BCUT2D eigenvalue weighted by Gasteiger charge is 2.46. The Morgan fingerprint density at radius 3 is 1.34 bits per heavy atom. The Kier molecular flexibility index (Phi) is 6.73. The van der Waals surface area contributed by atoms with E-state index >= 15 is 0 Å². The summed E-state index contributed by atoms with van der Waals surface area (Å²) in [4.78, 5) is 37.8. The fraction of sp³-hybridized carbons (Fsp3) is 0.160. The SMILES string of the molecule is O=C(Cl)CCCC(=O)C(=O)C(c1ccccc1)(c1ccccc1)c1ccccc1.